The molecule has 2 aromatic rings. The lowest BCUT2D eigenvalue weighted by atomic mass is 10.2. The van der Waals surface area contributed by atoms with E-state index in [1.165, 1.54) is 11.8 Å². The number of benzene rings is 2. The first-order valence-electron chi connectivity index (χ1n) is 8.72. The van der Waals surface area contributed by atoms with E-state index < -0.39 is 12.6 Å². The average molecular weight is 603 g/mol. The van der Waals surface area contributed by atoms with Crippen molar-refractivity contribution >= 4 is 79.1 Å². The van der Waals surface area contributed by atoms with Crippen LogP contribution < -0.4 is 14.8 Å². The Morgan fingerprint density at radius 2 is 2.10 bits per heavy atom. The molecule has 0 bridgehead atoms. The lowest BCUT2D eigenvalue weighted by Gasteiger charge is -2.13. The minimum absolute atomic E-state index is 0.245. The molecule has 1 amide bonds. The van der Waals surface area contributed by atoms with Crippen LogP contribution in [0.2, 0.25) is 0 Å². The van der Waals surface area contributed by atoms with Crippen LogP contribution in [0.15, 0.2) is 50.8 Å². The smallest absolute Gasteiger partial charge is 0.341 e. The van der Waals surface area contributed by atoms with Gasteiger partial charge in [0.25, 0.3) is 5.91 Å². The Bertz CT molecular complexity index is 1060. The van der Waals surface area contributed by atoms with E-state index in [0.717, 1.165) is 15.7 Å². The van der Waals surface area contributed by atoms with E-state index in [-0.39, 0.29) is 5.91 Å². The van der Waals surface area contributed by atoms with Gasteiger partial charge in [0.15, 0.2) is 23.3 Å². The van der Waals surface area contributed by atoms with Crippen LogP contribution in [0, 0.1) is 3.57 Å². The van der Waals surface area contributed by atoms with Gasteiger partial charge in [-0.25, -0.2) is 9.79 Å². The van der Waals surface area contributed by atoms with E-state index >= 15 is 0 Å². The largest absolute Gasteiger partial charge is 0.490 e. The van der Waals surface area contributed by atoms with Gasteiger partial charge in [-0.1, -0.05) is 12.1 Å². The van der Waals surface area contributed by atoms with E-state index in [0.29, 0.717) is 31.7 Å². The molecule has 0 atom stereocenters. The molecule has 2 N–H and O–H groups in total. The molecule has 0 spiro atoms. The third-order valence-electron chi connectivity index (χ3n) is 3.69. The number of amides is 1. The molecule has 1 saturated heterocycles. The monoisotopic (exact) mass is 602 g/mol. The zero-order chi connectivity index (χ0) is 21.7. The van der Waals surface area contributed by atoms with Crippen LogP contribution in [0.25, 0.3) is 6.08 Å². The van der Waals surface area contributed by atoms with Gasteiger partial charge in [0.05, 0.1) is 20.8 Å². The van der Waals surface area contributed by atoms with Gasteiger partial charge in [0.2, 0.25) is 0 Å². The Kier molecular flexibility index (Phi) is 7.78. The van der Waals surface area contributed by atoms with Gasteiger partial charge >= 0.3 is 5.97 Å². The highest BCUT2D eigenvalue weighted by molar-refractivity contribution is 14.1. The first-order chi connectivity index (χ1) is 14.4. The maximum atomic E-state index is 12.4. The number of hydrogen-bond acceptors (Lipinski definition) is 6. The molecule has 1 aliphatic heterocycles. The SMILES string of the molecule is CCOc1cc(/C=C2/SC(=Nc3ccccc3Br)NC2=O)cc(I)c1OCC(=O)O. The summed E-state index contributed by atoms with van der Waals surface area (Å²) >= 11 is 6.73. The van der Waals surface area contributed by atoms with Crippen molar-refractivity contribution < 1.29 is 24.2 Å². The van der Waals surface area contributed by atoms with Crippen LogP contribution >= 0.6 is 50.3 Å². The van der Waals surface area contributed by atoms with Gasteiger partial charge < -0.3 is 19.9 Å². The van der Waals surface area contributed by atoms with Crippen molar-refractivity contribution in [3.8, 4) is 11.5 Å². The summed E-state index contributed by atoms with van der Waals surface area (Å²) in [5.74, 6) is -0.537. The van der Waals surface area contributed by atoms with Gasteiger partial charge in [0.1, 0.15) is 0 Å². The second-order valence-corrected chi connectivity index (χ2v) is 8.93. The molecule has 30 heavy (non-hydrogen) atoms. The quantitative estimate of drug-likeness (QED) is 0.349. The van der Waals surface area contributed by atoms with Crippen molar-refractivity contribution in [2.45, 2.75) is 6.92 Å². The molecule has 2 aromatic carbocycles. The maximum absolute atomic E-state index is 12.4. The van der Waals surface area contributed by atoms with Crippen LogP contribution in [0.1, 0.15) is 12.5 Å². The predicted molar refractivity (Wildman–Crippen MR) is 128 cm³/mol. The molecule has 7 nitrogen and oxygen atoms in total. The topological polar surface area (TPSA) is 97.2 Å². The third-order valence-corrected chi connectivity index (χ3v) is 6.08. The second-order valence-electron chi connectivity index (χ2n) is 5.88. The van der Waals surface area contributed by atoms with Crippen molar-refractivity contribution in [2.24, 2.45) is 4.99 Å². The fourth-order valence-corrected chi connectivity index (χ4v) is 4.48. The first kappa shape index (κ1) is 22.6. The van der Waals surface area contributed by atoms with Gasteiger partial charge in [-0.15, -0.1) is 0 Å². The number of para-hydroxylation sites is 1. The number of aliphatic imine (C=N–C) groups is 1. The minimum Gasteiger partial charge on any atom is -0.490 e. The predicted octanol–water partition coefficient (Wildman–Crippen LogP) is 4.81. The molecule has 156 valence electrons. The van der Waals surface area contributed by atoms with Crippen molar-refractivity contribution in [1.29, 1.82) is 0 Å². The van der Waals surface area contributed by atoms with Crippen LogP contribution in [-0.4, -0.2) is 35.4 Å². The summed E-state index contributed by atoms with van der Waals surface area (Å²) < 4.78 is 12.5. The third kappa shape index (κ3) is 5.76. The van der Waals surface area contributed by atoms with Crippen LogP contribution in [0.5, 0.6) is 11.5 Å². The van der Waals surface area contributed by atoms with E-state index in [2.05, 4.69) is 26.2 Å². The summed E-state index contributed by atoms with van der Waals surface area (Å²) in [5, 5.41) is 12.1. The lowest BCUT2D eigenvalue weighted by molar-refractivity contribution is -0.139. The summed E-state index contributed by atoms with van der Waals surface area (Å²) in [5.41, 5.74) is 1.44. The second kappa shape index (κ2) is 10.3. The molecule has 0 aromatic heterocycles. The molecule has 3 rings (SSSR count). The Labute approximate surface area is 199 Å². The van der Waals surface area contributed by atoms with Gasteiger partial charge in [0, 0.05) is 4.47 Å². The molecule has 10 heteroatoms. The van der Waals surface area contributed by atoms with Crippen molar-refractivity contribution in [1.82, 2.24) is 5.32 Å². The molecule has 0 unspecified atom stereocenters. The summed E-state index contributed by atoms with van der Waals surface area (Å²) in [6.07, 6.45) is 1.73. The van der Waals surface area contributed by atoms with Gasteiger partial charge in [-0.2, -0.15) is 0 Å². The number of halogens is 2. The number of rotatable bonds is 7. The van der Waals surface area contributed by atoms with Crippen LogP contribution in [0.3, 0.4) is 0 Å². The highest BCUT2D eigenvalue weighted by atomic mass is 127. The van der Waals surface area contributed by atoms with E-state index in [1.807, 2.05) is 53.8 Å². The number of nitrogens with zero attached hydrogens (tertiary/aromatic N) is 1. The number of amidine groups is 1. The van der Waals surface area contributed by atoms with Crippen LogP contribution in [-0.2, 0) is 9.59 Å². The van der Waals surface area contributed by atoms with E-state index in [9.17, 15) is 9.59 Å². The summed E-state index contributed by atoms with van der Waals surface area (Å²) in [6, 6.07) is 11.0. The average Bonchev–Trinajstić information content (AvgIpc) is 3.02. The molecular formula is C20H16BrIN2O5S. The van der Waals surface area contributed by atoms with Gasteiger partial charge in [-0.05, 0) is 93.1 Å². The highest BCUT2D eigenvalue weighted by Gasteiger charge is 2.24. The van der Waals surface area contributed by atoms with E-state index in [1.54, 1.807) is 18.2 Å². The highest BCUT2D eigenvalue weighted by Crippen LogP contribution is 2.36. The van der Waals surface area contributed by atoms with Gasteiger partial charge in [-0.3, -0.25) is 4.79 Å². The zero-order valence-corrected chi connectivity index (χ0v) is 20.2. The molecule has 0 saturated carbocycles. The van der Waals surface area contributed by atoms with E-state index in [4.69, 9.17) is 14.6 Å². The number of aliphatic carboxylic acids is 1. The first-order valence-corrected chi connectivity index (χ1v) is 11.4. The standard InChI is InChI=1S/C20H16BrIN2O5S/c1-2-28-15-8-11(7-13(22)18(15)29-10-17(25)26)9-16-19(27)24-20(30-16)23-14-6-4-3-5-12(14)21/h3-9H,2,10H2,1H3,(H,25,26)(H,23,24,27)/b16-9+. The number of carbonyl (C=O) groups excluding carboxylic acids is 1. The van der Waals surface area contributed by atoms with Crippen molar-refractivity contribution in [3.63, 3.8) is 0 Å². The Hall–Kier alpha value is -2.05. The number of carboxylic acid groups (broad SMARTS) is 1. The molecule has 0 aliphatic carbocycles. The normalized spacial score (nSPS) is 16.0. The molecule has 0 radical (unpaired) electrons. The van der Waals surface area contributed by atoms with Crippen molar-refractivity contribution in [3.05, 3.63) is 54.9 Å². The molecule has 1 aliphatic rings. The number of carbonyl (C=O) groups is 2. The number of ether oxygens (including phenoxy) is 2. The summed E-state index contributed by atoms with van der Waals surface area (Å²) in [7, 11) is 0. The molecular weight excluding hydrogens is 587 g/mol. The van der Waals surface area contributed by atoms with Crippen LogP contribution in [0.4, 0.5) is 5.69 Å². The molecule has 1 heterocycles. The zero-order valence-electron chi connectivity index (χ0n) is 15.6. The fourth-order valence-electron chi connectivity index (χ4n) is 2.49. The molecule has 1 fully saturated rings. The number of carboxylic acids is 1. The Balaban J connectivity index is 1.88. The Morgan fingerprint density at radius 3 is 2.80 bits per heavy atom. The minimum atomic E-state index is -1.07. The number of hydrogen-bond donors (Lipinski definition) is 2. The Morgan fingerprint density at radius 1 is 1.33 bits per heavy atom. The maximum Gasteiger partial charge on any atom is 0.341 e. The fraction of sp³-hybridized carbons (Fsp3) is 0.150. The van der Waals surface area contributed by atoms with Crippen molar-refractivity contribution in [2.75, 3.05) is 13.2 Å². The summed E-state index contributed by atoms with van der Waals surface area (Å²) in [6.45, 7) is 1.74. The number of thioether (sulfide) groups is 1. The summed E-state index contributed by atoms with van der Waals surface area (Å²) in [4.78, 5) is 28.2. The lowest BCUT2D eigenvalue weighted by Crippen LogP contribution is -2.19. The number of nitrogens with one attached hydrogen (secondary N) is 1.